The van der Waals surface area contributed by atoms with Crippen LogP contribution in [0.15, 0.2) is 0 Å². The molecule has 3 heterocycles. The number of β-amino-alcohol motifs (C(OH)–C–C–N with tert-alkyl or cyclic N) is 1. The Morgan fingerprint density at radius 2 is 1.48 bits per heavy atom. The number of amides is 2. The summed E-state index contributed by atoms with van der Waals surface area (Å²) in [5, 5.41) is 10.1. The molecular formula is C17H29N3O3. The van der Waals surface area contributed by atoms with Crippen LogP contribution < -0.4 is 0 Å². The van der Waals surface area contributed by atoms with Crippen LogP contribution in [0.25, 0.3) is 0 Å². The molecule has 0 aromatic heterocycles. The molecule has 0 saturated carbocycles. The van der Waals surface area contributed by atoms with Crippen LogP contribution in [0.4, 0.5) is 0 Å². The molecule has 3 aliphatic heterocycles. The molecule has 0 radical (unpaired) electrons. The number of rotatable bonds is 2. The van der Waals surface area contributed by atoms with Crippen molar-refractivity contribution in [2.45, 2.75) is 51.8 Å². The summed E-state index contributed by atoms with van der Waals surface area (Å²) < 4.78 is 0. The lowest BCUT2D eigenvalue weighted by molar-refractivity contribution is -0.165. The lowest BCUT2D eigenvalue weighted by atomic mass is 9.82. The lowest BCUT2D eigenvalue weighted by Crippen LogP contribution is -2.79. The molecule has 6 heteroatoms. The van der Waals surface area contributed by atoms with E-state index in [9.17, 15) is 14.7 Å². The number of hydrogen-bond donors (Lipinski definition) is 1. The van der Waals surface area contributed by atoms with E-state index in [1.165, 1.54) is 0 Å². The highest BCUT2D eigenvalue weighted by atomic mass is 16.3. The summed E-state index contributed by atoms with van der Waals surface area (Å²) in [5.41, 5.74) is -0.157. The van der Waals surface area contributed by atoms with E-state index >= 15 is 0 Å². The van der Waals surface area contributed by atoms with E-state index in [0.717, 1.165) is 6.42 Å². The van der Waals surface area contributed by atoms with Gasteiger partial charge in [-0.2, -0.15) is 0 Å². The molecule has 1 N–H and O–H groups in total. The summed E-state index contributed by atoms with van der Waals surface area (Å²) in [7, 11) is 0. The van der Waals surface area contributed by atoms with Gasteiger partial charge < -0.3 is 14.9 Å². The van der Waals surface area contributed by atoms with Crippen molar-refractivity contribution < 1.29 is 14.7 Å². The Morgan fingerprint density at radius 1 is 0.957 bits per heavy atom. The second-order valence-corrected chi connectivity index (χ2v) is 8.14. The molecule has 130 valence electrons. The van der Waals surface area contributed by atoms with E-state index in [0.29, 0.717) is 32.7 Å². The summed E-state index contributed by atoms with van der Waals surface area (Å²) in [6, 6.07) is 0.220. The summed E-state index contributed by atoms with van der Waals surface area (Å²) in [4.78, 5) is 30.9. The van der Waals surface area contributed by atoms with Crippen LogP contribution in [-0.4, -0.2) is 82.0 Å². The number of fused-ring (bicyclic) bond motifs is 2. The first-order chi connectivity index (χ1) is 10.7. The van der Waals surface area contributed by atoms with Crippen molar-refractivity contribution in [1.82, 2.24) is 14.7 Å². The van der Waals surface area contributed by atoms with Crippen LogP contribution >= 0.6 is 0 Å². The number of hydrogen-bond acceptors (Lipinski definition) is 4. The minimum absolute atomic E-state index is 0.00399. The molecule has 6 nitrogen and oxygen atoms in total. The van der Waals surface area contributed by atoms with Gasteiger partial charge in [0.15, 0.2) is 0 Å². The molecule has 0 bridgehead atoms. The van der Waals surface area contributed by atoms with E-state index in [1.54, 1.807) is 0 Å². The summed E-state index contributed by atoms with van der Waals surface area (Å²) >= 11 is 0. The minimum Gasteiger partial charge on any atom is -0.392 e. The Labute approximate surface area is 138 Å². The first-order valence-corrected chi connectivity index (χ1v) is 8.76. The molecule has 0 aromatic rings. The number of aliphatic hydroxyl groups is 1. The Kier molecular flexibility index (Phi) is 4.17. The van der Waals surface area contributed by atoms with E-state index < -0.39 is 0 Å². The fourth-order valence-electron chi connectivity index (χ4n) is 4.41. The standard InChI is InChI=1S/C17H29N3O3/c1-11(2)15(22)18-6-13-5-14(21)7-20(13)17(8-18)9-19(10-17)16(23)12(3)4/h11-14,21H,5-10H2,1-4H3/t13-,14+/m0/s1. The van der Waals surface area contributed by atoms with Gasteiger partial charge in [0, 0.05) is 50.6 Å². The van der Waals surface area contributed by atoms with Crippen LogP contribution in [0.1, 0.15) is 34.1 Å². The normalized spacial score (nSPS) is 30.0. The molecule has 1 spiro atoms. The van der Waals surface area contributed by atoms with Gasteiger partial charge in [0.05, 0.1) is 11.6 Å². The van der Waals surface area contributed by atoms with Crippen molar-refractivity contribution in [2.24, 2.45) is 11.8 Å². The zero-order chi connectivity index (χ0) is 16.9. The maximum Gasteiger partial charge on any atom is 0.225 e. The molecular weight excluding hydrogens is 294 g/mol. The molecule has 2 amide bonds. The van der Waals surface area contributed by atoms with Gasteiger partial charge in [-0.15, -0.1) is 0 Å². The van der Waals surface area contributed by atoms with Gasteiger partial charge in [-0.3, -0.25) is 14.5 Å². The van der Waals surface area contributed by atoms with Crippen LogP contribution in [-0.2, 0) is 9.59 Å². The first-order valence-electron chi connectivity index (χ1n) is 8.76. The highest BCUT2D eigenvalue weighted by molar-refractivity contribution is 5.80. The number of carbonyl (C=O) groups is 2. The first kappa shape index (κ1) is 16.7. The number of carbonyl (C=O) groups excluding carboxylic acids is 2. The fraction of sp³-hybridized carbons (Fsp3) is 0.882. The smallest absolute Gasteiger partial charge is 0.225 e. The Bertz CT molecular complexity index is 499. The molecule has 3 fully saturated rings. The van der Waals surface area contributed by atoms with Crippen molar-refractivity contribution in [3.8, 4) is 0 Å². The van der Waals surface area contributed by atoms with Gasteiger partial charge in [-0.05, 0) is 6.42 Å². The second kappa shape index (κ2) is 5.74. The molecule has 3 saturated heterocycles. The number of aliphatic hydroxyl groups excluding tert-OH is 1. The number of piperazine rings is 1. The highest BCUT2D eigenvalue weighted by Gasteiger charge is 2.57. The Hall–Kier alpha value is -1.14. The van der Waals surface area contributed by atoms with E-state index in [4.69, 9.17) is 0 Å². The third-order valence-electron chi connectivity index (χ3n) is 5.50. The van der Waals surface area contributed by atoms with E-state index in [-0.39, 0.29) is 41.3 Å². The van der Waals surface area contributed by atoms with Crippen molar-refractivity contribution in [3.63, 3.8) is 0 Å². The maximum atomic E-state index is 12.5. The van der Waals surface area contributed by atoms with Crippen LogP contribution in [0.2, 0.25) is 0 Å². The zero-order valence-electron chi connectivity index (χ0n) is 14.7. The van der Waals surface area contributed by atoms with Crippen molar-refractivity contribution in [2.75, 3.05) is 32.7 Å². The predicted molar refractivity (Wildman–Crippen MR) is 86.7 cm³/mol. The average molecular weight is 323 g/mol. The van der Waals surface area contributed by atoms with Gasteiger partial charge in [-0.1, -0.05) is 27.7 Å². The fourth-order valence-corrected chi connectivity index (χ4v) is 4.41. The van der Waals surface area contributed by atoms with Crippen molar-refractivity contribution >= 4 is 11.8 Å². The highest BCUT2D eigenvalue weighted by Crippen LogP contribution is 2.39. The van der Waals surface area contributed by atoms with Gasteiger partial charge in [0.25, 0.3) is 0 Å². The molecule has 3 aliphatic rings. The largest absolute Gasteiger partial charge is 0.392 e. The van der Waals surface area contributed by atoms with Crippen LogP contribution in [0.3, 0.4) is 0 Å². The SMILES string of the molecule is CC(C)C(=O)N1C[C@@H]2C[C@@H](O)CN2C2(C1)CN(C(=O)C(C)C)C2. The zero-order valence-corrected chi connectivity index (χ0v) is 14.7. The molecule has 0 unspecified atom stereocenters. The molecule has 0 aliphatic carbocycles. The second-order valence-electron chi connectivity index (χ2n) is 8.14. The predicted octanol–water partition coefficient (Wildman–Crippen LogP) is 0.157. The summed E-state index contributed by atoms with van der Waals surface area (Å²) in [6.07, 6.45) is 0.405. The number of likely N-dealkylation sites (tertiary alicyclic amines) is 1. The molecule has 0 aromatic carbocycles. The van der Waals surface area contributed by atoms with Crippen LogP contribution in [0.5, 0.6) is 0 Å². The third-order valence-corrected chi connectivity index (χ3v) is 5.50. The van der Waals surface area contributed by atoms with E-state index in [1.807, 2.05) is 37.5 Å². The van der Waals surface area contributed by atoms with Gasteiger partial charge in [0.2, 0.25) is 11.8 Å². The van der Waals surface area contributed by atoms with Gasteiger partial charge in [0.1, 0.15) is 0 Å². The Morgan fingerprint density at radius 3 is 2.04 bits per heavy atom. The topological polar surface area (TPSA) is 64.1 Å². The van der Waals surface area contributed by atoms with Gasteiger partial charge in [-0.25, -0.2) is 0 Å². The maximum absolute atomic E-state index is 12.5. The minimum atomic E-state index is -0.319. The van der Waals surface area contributed by atoms with Crippen molar-refractivity contribution in [3.05, 3.63) is 0 Å². The average Bonchev–Trinajstić information content (AvgIpc) is 2.82. The van der Waals surface area contributed by atoms with E-state index in [2.05, 4.69) is 4.90 Å². The third kappa shape index (κ3) is 2.76. The quantitative estimate of drug-likeness (QED) is 0.786. The summed E-state index contributed by atoms with van der Waals surface area (Å²) in [5.74, 6) is 0.348. The van der Waals surface area contributed by atoms with Crippen LogP contribution in [0, 0.1) is 11.8 Å². The monoisotopic (exact) mass is 323 g/mol. The van der Waals surface area contributed by atoms with Gasteiger partial charge >= 0.3 is 0 Å². The molecule has 2 atom stereocenters. The number of nitrogens with zero attached hydrogens (tertiary/aromatic N) is 3. The Balaban J connectivity index is 1.77. The molecule has 3 rings (SSSR count). The molecule has 23 heavy (non-hydrogen) atoms. The lowest BCUT2D eigenvalue weighted by Gasteiger charge is -2.61. The van der Waals surface area contributed by atoms with Crippen molar-refractivity contribution in [1.29, 1.82) is 0 Å². The summed E-state index contributed by atoms with van der Waals surface area (Å²) in [6.45, 7) is 11.1.